The van der Waals surface area contributed by atoms with Gasteiger partial charge in [-0.1, -0.05) is 6.07 Å². The van der Waals surface area contributed by atoms with Gasteiger partial charge in [-0.25, -0.2) is 9.97 Å². The van der Waals surface area contributed by atoms with Crippen LogP contribution in [0.5, 0.6) is 5.75 Å². The van der Waals surface area contributed by atoms with E-state index < -0.39 is 0 Å². The van der Waals surface area contributed by atoms with Crippen molar-refractivity contribution < 1.29 is 9.53 Å². The molecule has 4 aromatic heterocycles. The van der Waals surface area contributed by atoms with Crippen LogP contribution < -0.4 is 10.5 Å². The third kappa shape index (κ3) is 4.58. The number of rotatable bonds is 6. The van der Waals surface area contributed by atoms with E-state index >= 15 is 0 Å². The number of pyridine rings is 1. The number of hydrogen-bond acceptors (Lipinski definition) is 6. The SMILES string of the molecule is COc1cc(C(=O)N2C[C@H](N)CC[C@@H]2C)cc2nc(-c3cc4ccc(-c5ccc6[nH]ncc6c5C)nc4n3CC3CC3)n(C)c12. The minimum Gasteiger partial charge on any atom is -0.494 e. The predicted molar refractivity (Wildman–Crippen MR) is 176 cm³/mol. The molecule has 0 radical (unpaired) electrons. The number of amides is 1. The molecule has 2 aromatic carbocycles. The summed E-state index contributed by atoms with van der Waals surface area (Å²) in [6.45, 7) is 5.65. The lowest BCUT2D eigenvalue weighted by Gasteiger charge is -2.36. The van der Waals surface area contributed by atoms with Gasteiger partial charge in [-0.2, -0.15) is 5.10 Å². The van der Waals surface area contributed by atoms with Gasteiger partial charge in [-0.15, -0.1) is 0 Å². The molecule has 0 spiro atoms. The van der Waals surface area contributed by atoms with Crippen LogP contribution in [0.25, 0.3) is 55.7 Å². The number of carbonyl (C=O) groups excluding carboxylic acids is 1. The summed E-state index contributed by atoms with van der Waals surface area (Å²) in [6.07, 6.45) is 6.15. The largest absolute Gasteiger partial charge is 0.494 e. The van der Waals surface area contributed by atoms with E-state index in [2.05, 4.69) is 63.5 Å². The van der Waals surface area contributed by atoms with E-state index in [-0.39, 0.29) is 18.0 Å². The molecule has 1 saturated carbocycles. The van der Waals surface area contributed by atoms with Crippen molar-refractivity contribution in [2.75, 3.05) is 13.7 Å². The van der Waals surface area contributed by atoms with Crippen molar-refractivity contribution >= 4 is 38.9 Å². The molecule has 6 aromatic rings. The fourth-order valence-electron chi connectivity index (χ4n) is 7.04. The average Bonchev–Trinajstić information content (AvgIpc) is 3.45. The first-order chi connectivity index (χ1) is 21.8. The van der Waals surface area contributed by atoms with E-state index in [1.165, 1.54) is 12.8 Å². The lowest BCUT2D eigenvalue weighted by molar-refractivity contribution is 0.0612. The van der Waals surface area contributed by atoms with E-state index in [0.717, 1.165) is 80.7 Å². The van der Waals surface area contributed by atoms with E-state index in [1.807, 2.05) is 30.3 Å². The number of nitrogens with zero attached hydrogens (tertiary/aromatic N) is 6. The highest BCUT2D eigenvalue weighted by molar-refractivity contribution is 6.00. The Morgan fingerprint density at radius 2 is 1.93 bits per heavy atom. The summed E-state index contributed by atoms with van der Waals surface area (Å²) in [5.74, 6) is 2.03. The average molecular weight is 603 g/mol. The molecule has 0 unspecified atom stereocenters. The molecule has 2 fully saturated rings. The van der Waals surface area contributed by atoms with E-state index in [4.69, 9.17) is 20.4 Å². The third-order valence-electron chi connectivity index (χ3n) is 9.86. The number of aryl methyl sites for hydroxylation is 2. The number of aromatic amines is 1. The zero-order chi connectivity index (χ0) is 31.0. The maximum atomic E-state index is 13.7. The molecular formula is C35H38N8O2. The van der Waals surface area contributed by atoms with Gasteiger partial charge in [0.15, 0.2) is 5.82 Å². The first kappa shape index (κ1) is 27.8. The van der Waals surface area contributed by atoms with Gasteiger partial charge in [0.05, 0.1) is 35.7 Å². The van der Waals surface area contributed by atoms with Crippen LogP contribution in [0.4, 0.5) is 0 Å². The number of benzene rings is 2. The zero-order valence-electron chi connectivity index (χ0n) is 26.2. The number of piperidine rings is 1. The van der Waals surface area contributed by atoms with Gasteiger partial charge in [-0.05, 0) is 87.4 Å². The van der Waals surface area contributed by atoms with Crippen LogP contribution >= 0.6 is 0 Å². The Hall–Kier alpha value is -4.70. The van der Waals surface area contributed by atoms with E-state index in [1.54, 1.807) is 7.11 Å². The number of nitrogens with one attached hydrogen (secondary N) is 1. The number of methoxy groups -OCH3 is 1. The summed E-state index contributed by atoms with van der Waals surface area (Å²) in [5.41, 5.74) is 14.6. The van der Waals surface area contributed by atoms with Gasteiger partial charge in [0.25, 0.3) is 5.91 Å². The fraction of sp³-hybridized carbons (Fsp3) is 0.371. The molecule has 1 saturated heterocycles. The highest BCUT2D eigenvalue weighted by Gasteiger charge is 2.30. The fourth-order valence-corrected chi connectivity index (χ4v) is 7.04. The lowest BCUT2D eigenvalue weighted by atomic mass is 9.99. The number of imidazole rings is 1. The highest BCUT2D eigenvalue weighted by atomic mass is 16.5. The van der Waals surface area contributed by atoms with Crippen molar-refractivity contribution in [1.29, 1.82) is 0 Å². The van der Waals surface area contributed by atoms with Gasteiger partial charge in [0.2, 0.25) is 0 Å². The topological polar surface area (TPSA) is 120 Å². The number of aromatic nitrogens is 6. The normalized spacial score (nSPS) is 18.8. The van der Waals surface area contributed by atoms with E-state index in [9.17, 15) is 4.79 Å². The molecule has 2 aliphatic rings. The van der Waals surface area contributed by atoms with Crippen molar-refractivity contribution in [3.8, 4) is 28.5 Å². The molecule has 0 bridgehead atoms. The standard InChI is InChI=1S/C35H38N8O2/c1-19-5-9-24(36)18-42(19)35(44)23-13-29-32(31(15-23)45-4)41(3)34(39-29)30-14-22-8-11-27(38-33(22)43(30)17-21-6-7-21)25-10-12-28-26(20(25)2)16-37-40-28/h8,10-16,19,21,24H,5-7,9,17-18,36H2,1-4H3,(H,37,40)/t19-,24+/m0/s1. The Labute approximate surface area is 261 Å². The summed E-state index contributed by atoms with van der Waals surface area (Å²) >= 11 is 0. The molecule has 10 heteroatoms. The molecule has 8 rings (SSSR count). The molecule has 1 aliphatic carbocycles. The number of nitrogens with two attached hydrogens (primary N) is 1. The predicted octanol–water partition coefficient (Wildman–Crippen LogP) is 5.81. The van der Waals surface area contributed by atoms with Gasteiger partial charge >= 0.3 is 0 Å². The Bertz CT molecular complexity index is 2120. The first-order valence-electron chi connectivity index (χ1n) is 15.9. The third-order valence-corrected chi connectivity index (χ3v) is 9.86. The quantitative estimate of drug-likeness (QED) is 0.248. The van der Waals surface area contributed by atoms with Gasteiger partial charge in [0.1, 0.15) is 16.9 Å². The number of hydrogen-bond donors (Lipinski definition) is 2. The number of ether oxygens (including phenoxy) is 1. The second-order valence-electron chi connectivity index (χ2n) is 12.9. The molecule has 45 heavy (non-hydrogen) atoms. The summed E-state index contributed by atoms with van der Waals surface area (Å²) < 4.78 is 10.3. The minimum absolute atomic E-state index is 0.00259. The Balaban J connectivity index is 1.25. The molecule has 5 heterocycles. The first-order valence-corrected chi connectivity index (χ1v) is 15.9. The van der Waals surface area contributed by atoms with Gasteiger partial charge < -0.3 is 24.5 Å². The maximum Gasteiger partial charge on any atom is 0.254 e. The van der Waals surface area contributed by atoms with Crippen molar-refractivity contribution in [1.82, 2.24) is 34.2 Å². The van der Waals surface area contributed by atoms with Crippen molar-refractivity contribution in [3.05, 3.63) is 59.8 Å². The number of fused-ring (bicyclic) bond motifs is 3. The molecule has 1 aliphatic heterocycles. The molecule has 3 N–H and O–H groups in total. The minimum atomic E-state index is -0.0338. The zero-order valence-corrected chi connectivity index (χ0v) is 26.2. The summed E-state index contributed by atoms with van der Waals surface area (Å²) in [7, 11) is 3.66. The van der Waals surface area contributed by atoms with Crippen LogP contribution in [-0.2, 0) is 13.6 Å². The molecule has 2 atom stereocenters. The van der Waals surface area contributed by atoms with Gasteiger partial charge in [0, 0.05) is 54.1 Å². The highest BCUT2D eigenvalue weighted by Crippen LogP contribution is 2.39. The Morgan fingerprint density at radius 1 is 1.09 bits per heavy atom. The van der Waals surface area contributed by atoms with Crippen molar-refractivity contribution in [3.63, 3.8) is 0 Å². The van der Waals surface area contributed by atoms with Crippen molar-refractivity contribution in [2.24, 2.45) is 18.7 Å². The van der Waals surface area contributed by atoms with Crippen LogP contribution in [0.15, 0.2) is 48.7 Å². The second-order valence-corrected chi connectivity index (χ2v) is 12.9. The molecule has 10 nitrogen and oxygen atoms in total. The Kier molecular flexibility index (Phi) is 6.46. The number of carbonyl (C=O) groups is 1. The Morgan fingerprint density at radius 3 is 2.73 bits per heavy atom. The van der Waals surface area contributed by atoms with Crippen LogP contribution in [0, 0.1) is 12.8 Å². The second kappa shape index (κ2) is 10.4. The van der Waals surface area contributed by atoms with Gasteiger partial charge in [-0.3, -0.25) is 9.89 Å². The molecule has 1 amide bonds. The van der Waals surface area contributed by atoms with Crippen molar-refractivity contribution in [2.45, 2.75) is 58.2 Å². The molecule has 230 valence electrons. The summed E-state index contributed by atoms with van der Waals surface area (Å²) in [4.78, 5) is 26.0. The smallest absolute Gasteiger partial charge is 0.254 e. The molecular weight excluding hydrogens is 564 g/mol. The van der Waals surface area contributed by atoms with Crippen LogP contribution in [-0.4, -0.2) is 65.8 Å². The number of H-pyrrole nitrogens is 1. The van der Waals surface area contributed by atoms with Crippen LogP contribution in [0.3, 0.4) is 0 Å². The number of likely N-dealkylation sites (tertiary alicyclic amines) is 1. The summed E-state index contributed by atoms with van der Waals surface area (Å²) in [6, 6.07) is 14.5. The lowest BCUT2D eigenvalue weighted by Crippen LogP contribution is -2.50. The monoisotopic (exact) mass is 602 g/mol. The summed E-state index contributed by atoms with van der Waals surface area (Å²) in [5, 5.41) is 9.47. The van der Waals surface area contributed by atoms with Crippen LogP contribution in [0.1, 0.15) is 48.5 Å². The maximum absolute atomic E-state index is 13.7. The van der Waals surface area contributed by atoms with E-state index in [0.29, 0.717) is 23.8 Å². The van der Waals surface area contributed by atoms with Crippen LogP contribution in [0.2, 0.25) is 0 Å².